The molecular weight excluding hydrogens is 238 g/mol. The molecule has 17 heavy (non-hydrogen) atoms. The van der Waals surface area contributed by atoms with E-state index in [4.69, 9.17) is 0 Å². The zero-order valence-electron chi connectivity index (χ0n) is 9.05. The fourth-order valence-electron chi connectivity index (χ4n) is 2.06. The van der Waals surface area contributed by atoms with Crippen molar-refractivity contribution in [3.63, 3.8) is 0 Å². The Hall–Kier alpha value is -1.69. The monoisotopic (exact) mass is 249 g/mol. The van der Waals surface area contributed by atoms with Crippen molar-refractivity contribution in [1.29, 1.82) is 0 Å². The van der Waals surface area contributed by atoms with Gasteiger partial charge in [-0.1, -0.05) is 0 Å². The van der Waals surface area contributed by atoms with E-state index in [-0.39, 0.29) is 11.5 Å². The number of hydrogen-bond acceptors (Lipinski definition) is 4. The second kappa shape index (κ2) is 3.66. The summed E-state index contributed by atoms with van der Waals surface area (Å²) in [4.78, 5) is 3.94. The molecule has 0 atom stereocenters. The van der Waals surface area contributed by atoms with Crippen LogP contribution in [0.1, 0.15) is 11.3 Å². The van der Waals surface area contributed by atoms with Crippen molar-refractivity contribution in [3.8, 4) is 11.3 Å². The van der Waals surface area contributed by atoms with Gasteiger partial charge in [0.15, 0.2) is 9.84 Å². The van der Waals surface area contributed by atoms with Gasteiger partial charge in [-0.05, 0) is 12.1 Å². The summed E-state index contributed by atoms with van der Waals surface area (Å²) in [7, 11) is -2.97. The van der Waals surface area contributed by atoms with Crippen molar-refractivity contribution in [2.45, 2.75) is 12.2 Å². The molecule has 6 heteroatoms. The van der Waals surface area contributed by atoms with Crippen molar-refractivity contribution in [1.82, 2.24) is 15.2 Å². The lowest BCUT2D eigenvalue weighted by Crippen LogP contribution is -2.18. The molecule has 88 valence electrons. The quantitative estimate of drug-likeness (QED) is 0.816. The molecule has 0 fully saturated rings. The summed E-state index contributed by atoms with van der Waals surface area (Å²) in [5, 5.41) is 7.14. The summed E-state index contributed by atoms with van der Waals surface area (Å²) in [5.74, 6) is 0.286. The van der Waals surface area contributed by atoms with Gasteiger partial charge >= 0.3 is 0 Å². The highest BCUT2D eigenvalue weighted by Gasteiger charge is 2.26. The van der Waals surface area contributed by atoms with E-state index in [1.165, 1.54) is 0 Å². The molecular formula is C11H11N3O2S. The Balaban J connectivity index is 2.13. The summed E-state index contributed by atoms with van der Waals surface area (Å²) in [6.45, 7) is 0. The van der Waals surface area contributed by atoms with Gasteiger partial charge in [0.25, 0.3) is 0 Å². The number of aromatic nitrogens is 3. The smallest absolute Gasteiger partial charge is 0.154 e. The number of aryl methyl sites for hydroxylation is 1. The Bertz CT molecular complexity index is 647. The van der Waals surface area contributed by atoms with Crippen molar-refractivity contribution in [2.75, 3.05) is 5.75 Å². The van der Waals surface area contributed by atoms with Gasteiger partial charge in [0.1, 0.15) is 0 Å². The Labute approximate surface area is 98.8 Å². The molecule has 1 N–H and O–H groups in total. The number of pyridine rings is 1. The van der Waals surface area contributed by atoms with Gasteiger partial charge in [-0.15, -0.1) is 0 Å². The van der Waals surface area contributed by atoms with E-state index in [1.807, 2.05) is 12.1 Å². The zero-order valence-corrected chi connectivity index (χ0v) is 9.87. The Morgan fingerprint density at radius 2 is 2.00 bits per heavy atom. The number of hydrogen-bond donors (Lipinski definition) is 1. The summed E-state index contributed by atoms with van der Waals surface area (Å²) in [6, 6.07) is 3.66. The van der Waals surface area contributed by atoms with Gasteiger partial charge in [0, 0.05) is 35.6 Å². The molecule has 0 aliphatic carbocycles. The number of rotatable bonds is 1. The highest BCUT2D eigenvalue weighted by atomic mass is 32.2. The van der Waals surface area contributed by atoms with Crippen molar-refractivity contribution >= 4 is 9.84 Å². The Morgan fingerprint density at radius 3 is 2.76 bits per heavy atom. The standard InChI is InChI=1S/C11H11N3O2S/c15-17(16)6-3-10-9(7-17)11(14-13-10)8-1-4-12-5-2-8/h1-2,4-5H,3,6-7H2,(H,13,14). The number of nitrogens with one attached hydrogen (secondary N) is 1. The predicted octanol–water partition coefficient (Wildman–Crippen LogP) is 0.943. The second-order valence-corrected chi connectivity index (χ2v) is 6.29. The molecule has 0 spiro atoms. The third-order valence-electron chi connectivity index (χ3n) is 2.93. The summed E-state index contributed by atoms with van der Waals surface area (Å²) >= 11 is 0. The molecule has 2 aromatic rings. The van der Waals surface area contributed by atoms with Gasteiger partial charge in [-0.2, -0.15) is 5.10 Å². The lowest BCUT2D eigenvalue weighted by molar-refractivity contribution is 0.591. The van der Waals surface area contributed by atoms with Crippen LogP contribution in [0.25, 0.3) is 11.3 Å². The van der Waals surface area contributed by atoms with Gasteiger partial charge in [-0.3, -0.25) is 10.1 Å². The number of nitrogens with zero attached hydrogens (tertiary/aromatic N) is 2. The minimum absolute atomic E-state index is 0.0799. The van der Waals surface area contributed by atoms with Crippen LogP contribution in [0.4, 0.5) is 0 Å². The molecule has 3 rings (SSSR count). The van der Waals surface area contributed by atoms with Crippen LogP contribution in [-0.2, 0) is 22.0 Å². The van der Waals surface area contributed by atoms with E-state index in [9.17, 15) is 8.42 Å². The van der Waals surface area contributed by atoms with Crippen molar-refractivity contribution < 1.29 is 8.42 Å². The van der Waals surface area contributed by atoms with Crippen LogP contribution in [0, 0.1) is 0 Å². The van der Waals surface area contributed by atoms with Gasteiger partial charge in [0.2, 0.25) is 0 Å². The zero-order chi connectivity index (χ0) is 11.9. The highest BCUT2D eigenvalue weighted by molar-refractivity contribution is 7.90. The van der Waals surface area contributed by atoms with Crippen LogP contribution in [0.5, 0.6) is 0 Å². The van der Waals surface area contributed by atoms with Crippen LogP contribution in [0.3, 0.4) is 0 Å². The molecule has 0 amide bonds. The highest BCUT2D eigenvalue weighted by Crippen LogP contribution is 2.28. The first-order chi connectivity index (χ1) is 8.16. The first-order valence-electron chi connectivity index (χ1n) is 5.33. The minimum atomic E-state index is -2.97. The number of sulfone groups is 1. The average Bonchev–Trinajstić information content (AvgIpc) is 2.71. The molecule has 0 aromatic carbocycles. The fourth-order valence-corrected chi connectivity index (χ4v) is 3.47. The fraction of sp³-hybridized carbons (Fsp3) is 0.273. The maximum Gasteiger partial charge on any atom is 0.154 e. The topological polar surface area (TPSA) is 75.7 Å². The molecule has 1 aliphatic heterocycles. The number of fused-ring (bicyclic) bond motifs is 1. The minimum Gasteiger partial charge on any atom is -0.282 e. The maximum atomic E-state index is 11.6. The van der Waals surface area contributed by atoms with E-state index < -0.39 is 9.84 Å². The van der Waals surface area contributed by atoms with E-state index in [0.29, 0.717) is 6.42 Å². The number of H-pyrrole nitrogens is 1. The SMILES string of the molecule is O=S1(=O)CCc2[nH]nc(-c3ccncc3)c2C1. The summed E-state index contributed by atoms with van der Waals surface area (Å²) in [5.41, 5.74) is 3.37. The summed E-state index contributed by atoms with van der Waals surface area (Å²) in [6.07, 6.45) is 3.87. The van der Waals surface area contributed by atoms with E-state index in [2.05, 4.69) is 15.2 Å². The van der Waals surface area contributed by atoms with Crippen LogP contribution in [0.15, 0.2) is 24.5 Å². The average molecular weight is 249 g/mol. The van der Waals surface area contributed by atoms with Crippen LogP contribution in [-0.4, -0.2) is 29.4 Å². The lowest BCUT2D eigenvalue weighted by atomic mass is 10.1. The molecule has 0 radical (unpaired) electrons. The predicted molar refractivity (Wildman–Crippen MR) is 63.0 cm³/mol. The van der Waals surface area contributed by atoms with Gasteiger partial charge in [0.05, 0.1) is 17.2 Å². The molecule has 0 saturated carbocycles. The third-order valence-corrected chi connectivity index (χ3v) is 4.49. The first-order valence-corrected chi connectivity index (χ1v) is 7.15. The normalized spacial score (nSPS) is 17.6. The molecule has 0 bridgehead atoms. The molecule has 3 heterocycles. The molecule has 5 nitrogen and oxygen atoms in total. The van der Waals surface area contributed by atoms with E-state index >= 15 is 0 Å². The first kappa shape index (κ1) is 10.5. The number of aromatic amines is 1. The van der Waals surface area contributed by atoms with Gasteiger partial charge < -0.3 is 0 Å². The Morgan fingerprint density at radius 1 is 1.24 bits per heavy atom. The molecule has 2 aromatic heterocycles. The van der Waals surface area contributed by atoms with Crippen molar-refractivity contribution in [2.24, 2.45) is 0 Å². The second-order valence-electron chi connectivity index (χ2n) is 4.11. The van der Waals surface area contributed by atoms with E-state index in [0.717, 1.165) is 22.5 Å². The maximum absolute atomic E-state index is 11.6. The molecule has 1 aliphatic rings. The van der Waals surface area contributed by atoms with Crippen LogP contribution < -0.4 is 0 Å². The lowest BCUT2D eigenvalue weighted by Gasteiger charge is -2.12. The van der Waals surface area contributed by atoms with Crippen LogP contribution >= 0.6 is 0 Å². The largest absolute Gasteiger partial charge is 0.282 e. The summed E-state index contributed by atoms with van der Waals surface area (Å²) < 4.78 is 23.3. The van der Waals surface area contributed by atoms with Crippen molar-refractivity contribution in [3.05, 3.63) is 35.8 Å². The van der Waals surface area contributed by atoms with E-state index in [1.54, 1.807) is 12.4 Å². The third kappa shape index (κ3) is 1.84. The molecule has 0 saturated heterocycles. The van der Waals surface area contributed by atoms with Crippen LogP contribution in [0.2, 0.25) is 0 Å². The molecule has 0 unspecified atom stereocenters. The van der Waals surface area contributed by atoms with Gasteiger partial charge in [-0.25, -0.2) is 8.42 Å². The Kier molecular flexibility index (Phi) is 2.25.